The molecule has 2 heterocycles. The van der Waals surface area contributed by atoms with Gasteiger partial charge in [-0.3, -0.25) is 16.0 Å². The smallest absolute Gasteiger partial charge is 0.212 e. The molecule has 0 radical (unpaired) electrons. The number of hydrazine groups is 1. The number of pyridine rings is 1. The van der Waals surface area contributed by atoms with Gasteiger partial charge in [0.2, 0.25) is 5.88 Å². The fourth-order valence-corrected chi connectivity index (χ4v) is 2.53. The Labute approximate surface area is 129 Å². The zero-order valence-electron chi connectivity index (χ0n) is 12.4. The molecule has 2 aromatic rings. The topological polar surface area (TPSA) is 78.0 Å². The molecule has 0 saturated heterocycles. The standard InChI is InChI=1S/C14H20ClN5O/c1-9-12(14(15)20(2)19-9)7-11(18-16)6-10-4-5-13(21-3)17-8-10/h4-5,8,11,18H,6-7,16H2,1-3H3. The highest BCUT2D eigenvalue weighted by Gasteiger charge is 2.17. The predicted molar refractivity (Wildman–Crippen MR) is 82.3 cm³/mol. The number of rotatable bonds is 6. The van der Waals surface area contributed by atoms with Gasteiger partial charge in [-0.25, -0.2) is 4.98 Å². The van der Waals surface area contributed by atoms with Crippen molar-refractivity contribution < 1.29 is 4.74 Å². The van der Waals surface area contributed by atoms with Crippen molar-refractivity contribution in [3.05, 3.63) is 40.3 Å². The van der Waals surface area contributed by atoms with E-state index in [0.29, 0.717) is 17.5 Å². The molecule has 3 N–H and O–H groups in total. The third-order valence-corrected chi connectivity index (χ3v) is 3.92. The van der Waals surface area contributed by atoms with Gasteiger partial charge in [-0.2, -0.15) is 5.10 Å². The molecule has 114 valence electrons. The van der Waals surface area contributed by atoms with E-state index in [0.717, 1.165) is 23.2 Å². The van der Waals surface area contributed by atoms with E-state index in [1.165, 1.54) is 0 Å². The van der Waals surface area contributed by atoms with E-state index in [9.17, 15) is 0 Å². The molecular formula is C14H20ClN5O. The van der Waals surface area contributed by atoms with Crippen LogP contribution in [0, 0.1) is 6.92 Å². The van der Waals surface area contributed by atoms with Crippen LogP contribution < -0.4 is 16.0 Å². The third-order valence-electron chi connectivity index (χ3n) is 3.44. The van der Waals surface area contributed by atoms with Crippen molar-refractivity contribution in [3.63, 3.8) is 0 Å². The van der Waals surface area contributed by atoms with E-state index in [-0.39, 0.29) is 6.04 Å². The SMILES string of the molecule is COc1ccc(CC(Cc2c(C)nn(C)c2Cl)NN)cn1. The molecule has 2 aromatic heterocycles. The molecule has 0 bridgehead atoms. The highest BCUT2D eigenvalue weighted by atomic mass is 35.5. The molecule has 6 nitrogen and oxygen atoms in total. The number of hydrogen-bond acceptors (Lipinski definition) is 5. The Morgan fingerprint density at radius 2 is 2.19 bits per heavy atom. The average Bonchev–Trinajstić information content (AvgIpc) is 2.73. The lowest BCUT2D eigenvalue weighted by Gasteiger charge is -2.16. The van der Waals surface area contributed by atoms with E-state index < -0.39 is 0 Å². The number of ether oxygens (including phenoxy) is 1. The number of halogens is 1. The maximum atomic E-state index is 6.26. The first-order chi connectivity index (χ1) is 10.0. The van der Waals surface area contributed by atoms with Crippen LogP contribution in [-0.2, 0) is 19.9 Å². The van der Waals surface area contributed by atoms with Crippen LogP contribution in [0.4, 0.5) is 0 Å². The predicted octanol–water partition coefficient (Wildman–Crippen LogP) is 1.40. The third kappa shape index (κ3) is 3.72. The first-order valence-electron chi connectivity index (χ1n) is 6.68. The van der Waals surface area contributed by atoms with Gasteiger partial charge in [0.1, 0.15) is 5.15 Å². The minimum Gasteiger partial charge on any atom is -0.481 e. The quantitative estimate of drug-likeness (QED) is 0.623. The number of aryl methyl sites for hydroxylation is 2. The Hall–Kier alpha value is -1.63. The van der Waals surface area contributed by atoms with E-state index in [1.54, 1.807) is 18.0 Å². The lowest BCUT2D eigenvalue weighted by Crippen LogP contribution is -2.38. The molecule has 0 fully saturated rings. The van der Waals surface area contributed by atoms with Crippen LogP contribution in [0.5, 0.6) is 5.88 Å². The van der Waals surface area contributed by atoms with Crippen LogP contribution in [0.2, 0.25) is 5.15 Å². The number of hydrogen-bond donors (Lipinski definition) is 2. The molecule has 1 atom stereocenters. The summed E-state index contributed by atoms with van der Waals surface area (Å²) in [5.74, 6) is 6.27. The number of methoxy groups -OCH3 is 1. The van der Waals surface area contributed by atoms with Crippen LogP contribution in [-0.4, -0.2) is 27.9 Å². The van der Waals surface area contributed by atoms with Gasteiger partial charge in [0.05, 0.1) is 12.8 Å². The van der Waals surface area contributed by atoms with Crippen LogP contribution in [0.15, 0.2) is 18.3 Å². The Kier molecular flexibility index (Phi) is 5.17. The molecule has 0 amide bonds. The van der Waals surface area contributed by atoms with E-state index >= 15 is 0 Å². The number of nitrogens with one attached hydrogen (secondary N) is 1. The summed E-state index contributed by atoms with van der Waals surface area (Å²) in [5.41, 5.74) is 5.86. The van der Waals surface area contributed by atoms with Crippen LogP contribution in [0.25, 0.3) is 0 Å². The van der Waals surface area contributed by atoms with Crippen molar-refractivity contribution in [1.29, 1.82) is 0 Å². The fraction of sp³-hybridized carbons (Fsp3) is 0.429. The molecular weight excluding hydrogens is 290 g/mol. The van der Waals surface area contributed by atoms with E-state index in [2.05, 4.69) is 15.5 Å². The van der Waals surface area contributed by atoms with Crippen molar-refractivity contribution in [2.45, 2.75) is 25.8 Å². The van der Waals surface area contributed by atoms with Crippen molar-refractivity contribution >= 4 is 11.6 Å². The molecule has 0 aliphatic carbocycles. The molecule has 0 aliphatic heterocycles. The molecule has 21 heavy (non-hydrogen) atoms. The van der Waals surface area contributed by atoms with Crippen LogP contribution in [0.3, 0.4) is 0 Å². The minimum absolute atomic E-state index is 0.0561. The Morgan fingerprint density at radius 3 is 2.67 bits per heavy atom. The van der Waals surface area contributed by atoms with E-state index in [1.807, 2.05) is 26.1 Å². The first kappa shape index (κ1) is 15.8. The second-order valence-corrected chi connectivity index (χ2v) is 5.32. The van der Waals surface area contributed by atoms with Crippen molar-refractivity contribution in [1.82, 2.24) is 20.2 Å². The summed E-state index contributed by atoms with van der Waals surface area (Å²) in [6.45, 7) is 1.95. The van der Waals surface area contributed by atoms with Gasteiger partial charge < -0.3 is 4.74 Å². The van der Waals surface area contributed by atoms with Gasteiger partial charge in [-0.05, 0) is 25.3 Å². The first-order valence-corrected chi connectivity index (χ1v) is 7.06. The highest BCUT2D eigenvalue weighted by Crippen LogP contribution is 2.21. The Morgan fingerprint density at radius 1 is 1.43 bits per heavy atom. The number of nitrogens with zero attached hydrogens (tertiary/aromatic N) is 3. The van der Waals surface area contributed by atoms with Gasteiger partial charge in [0.25, 0.3) is 0 Å². The number of nitrogens with two attached hydrogens (primary N) is 1. The van der Waals surface area contributed by atoms with Crippen LogP contribution >= 0.6 is 11.6 Å². The average molecular weight is 310 g/mol. The Balaban J connectivity index is 2.09. The summed E-state index contributed by atoms with van der Waals surface area (Å²) in [5, 5.41) is 4.97. The lowest BCUT2D eigenvalue weighted by atomic mass is 10.0. The molecule has 1 unspecified atom stereocenters. The Bertz CT molecular complexity index is 596. The summed E-state index contributed by atoms with van der Waals surface area (Å²) in [6.07, 6.45) is 3.25. The molecule has 0 aromatic carbocycles. The summed E-state index contributed by atoms with van der Waals surface area (Å²) in [4.78, 5) is 4.20. The number of aromatic nitrogens is 3. The lowest BCUT2D eigenvalue weighted by molar-refractivity contribution is 0.397. The highest BCUT2D eigenvalue weighted by molar-refractivity contribution is 6.30. The second kappa shape index (κ2) is 6.89. The van der Waals surface area contributed by atoms with Gasteiger partial charge in [0.15, 0.2) is 0 Å². The normalized spacial score (nSPS) is 12.4. The van der Waals surface area contributed by atoms with Gasteiger partial charge in [-0.1, -0.05) is 17.7 Å². The monoisotopic (exact) mass is 309 g/mol. The van der Waals surface area contributed by atoms with Gasteiger partial charge in [0, 0.05) is 30.9 Å². The maximum Gasteiger partial charge on any atom is 0.212 e. The van der Waals surface area contributed by atoms with Crippen molar-refractivity contribution in [2.24, 2.45) is 12.9 Å². The van der Waals surface area contributed by atoms with E-state index in [4.69, 9.17) is 22.2 Å². The zero-order chi connectivity index (χ0) is 15.4. The summed E-state index contributed by atoms with van der Waals surface area (Å²) in [7, 11) is 3.43. The maximum absolute atomic E-state index is 6.26. The zero-order valence-corrected chi connectivity index (χ0v) is 13.2. The molecule has 0 aliphatic rings. The van der Waals surface area contributed by atoms with Crippen LogP contribution in [0.1, 0.15) is 16.8 Å². The van der Waals surface area contributed by atoms with Gasteiger partial charge >= 0.3 is 0 Å². The second-order valence-electron chi connectivity index (χ2n) is 4.96. The molecule has 0 saturated carbocycles. The molecule has 2 rings (SSSR count). The van der Waals surface area contributed by atoms with Gasteiger partial charge in [-0.15, -0.1) is 0 Å². The largest absolute Gasteiger partial charge is 0.481 e. The fourth-order valence-electron chi connectivity index (χ4n) is 2.28. The minimum atomic E-state index is 0.0561. The summed E-state index contributed by atoms with van der Waals surface area (Å²) >= 11 is 6.26. The van der Waals surface area contributed by atoms with Crippen molar-refractivity contribution in [3.8, 4) is 5.88 Å². The van der Waals surface area contributed by atoms with Crippen molar-refractivity contribution in [2.75, 3.05) is 7.11 Å². The summed E-state index contributed by atoms with van der Waals surface area (Å²) < 4.78 is 6.73. The summed E-state index contributed by atoms with van der Waals surface area (Å²) in [6, 6.07) is 3.87. The molecule has 7 heteroatoms. The molecule has 0 spiro atoms.